The highest BCUT2D eigenvalue weighted by atomic mass is 35.5. The van der Waals surface area contributed by atoms with Crippen LogP contribution in [0.25, 0.3) is 0 Å². The number of nitrogens with one attached hydrogen (secondary N) is 2. The van der Waals surface area contributed by atoms with Gasteiger partial charge in [-0.05, 0) is 29.8 Å². The second-order valence-corrected chi connectivity index (χ2v) is 7.28. The lowest BCUT2D eigenvalue weighted by atomic mass is 10.2. The van der Waals surface area contributed by atoms with Crippen LogP contribution in [0.3, 0.4) is 0 Å². The molecular formula is C15H14Cl2N2O3S. The zero-order valence-electron chi connectivity index (χ0n) is 12.1. The largest absolute Gasteiger partial charge is 0.326 e. The van der Waals surface area contributed by atoms with Crippen LogP contribution in [0, 0.1) is 0 Å². The summed E-state index contributed by atoms with van der Waals surface area (Å²) < 4.78 is 27.0. The van der Waals surface area contributed by atoms with Crippen molar-refractivity contribution in [2.45, 2.75) is 18.4 Å². The van der Waals surface area contributed by atoms with Crippen molar-refractivity contribution in [3.8, 4) is 0 Å². The van der Waals surface area contributed by atoms with Crippen molar-refractivity contribution >= 4 is 44.8 Å². The van der Waals surface area contributed by atoms with Gasteiger partial charge in [0.1, 0.15) is 4.90 Å². The summed E-state index contributed by atoms with van der Waals surface area (Å²) in [6.45, 7) is 1.50. The number of hydrogen-bond donors (Lipinski definition) is 2. The molecule has 2 aromatic rings. The molecule has 0 atom stereocenters. The number of halogens is 2. The number of rotatable bonds is 5. The molecule has 0 spiro atoms. The molecule has 0 heterocycles. The highest BCUT2D eigenvalue weighted by Gasteiger charge is 2.19. The fraction of sp³-hybridized carbons (Fsp3) is 0.133. The summed E-state index contributed by atoms with van der Waals surface area (Å²) in [5, 5.41) is 2.80. The van der Waals surface area contributed by atoms with Crippen molar-refractivity contribution in [3.05, 3.63) is 58.1 Å². The molecule has 0 bridgehead atoms. The third kappa shape index (κ3) is 4.68. The molecule has 23 heavy (non-hydrogen) atoms. The number of anilines is 1. The quantitative estimate of drug-likeness (QED) is 0.843. The van der Waals surface area contributed by atoms with Gasteiger partial charge in [0.25, 0.3) is 0 Å². The average molecular weight is 373 g/mol. The minimum atomic E-state index is -3.78. The Labute approximate surface area is 144 Å². The van der Waals surface area contributed by atoms with Gasteiger partial charge in [0.2, 0.25) is 15.9 Å². The van der Waals surface area contributed by atoms with E-state index in [1.165, 1.54) is 25.1 Å². The Bertz CT molecular complexity index is 821. The molecular weight excluding hydrogens is 359 g/mol. The molecule has 2 aromatic carbocycles. The maximum atomic E-state index is 12.3. The van der Waals surface area contributed by atoms with Crippen molar-refractivity contribution in [1.82, 2.24) is 4.72 Å². The Morgan fingerprint density at radius 2 is 1.74 bits per heavy atom. The van der Waals surface area contributed by atoms with Gasteiger partial charge in [-0.1, -0.05) is 41.4 Å². The fourth-order valence-electron chi connectivity index (χ4n) is 1.86. The molecule has 0 aliphatic heterocycles. The van der Waals surface area contributed by atoms with E-state index in [1.807, 2.05) is 0 Å². The number of amides is 1. The topological polar surface area (TPSA) is 75.3 Å². The first kappa shape index (κ1) is 17.7. The zero-order chi connectivity index (χ0) is 17.0. The Hall–Kier alpha value is -1.60. The van der Waals surface area contributed by atoms with Crippen LogP contribution in [0.4, 0.5) is 5.69 Å². The van der Waals surface area contributed by atoms with Crippen LogP contribution >= 0.6 is 23.2 Å². The lowest BCUT2D eigenvalue weighted by molar-refractivity contribution is -0.114. The monoisotopic (exact) mass is 372 g/mol. The molecule has 0 saturated heterocycles. The summed E-state index contributed by atoms with van der Waals surface area (Å²) in [5.74, 6) is -0.172. The SMILES string of the molecule is CC(=O)Nc1ccc(CNS(=O)(=O)c2cccc(Cl)c2Cl)cc1. The van der Waals surface area contributed by atoms with Gasteiger partial charge in [0.05, 0.1) is 10.0 Å². The lowest BCUT2D eigenvalue weighted by Gasteiger charge is -2.10. The van der Waals surface area contributed by atoms with Crippen LogP contribution in [-0.2, 0) is 21.4 Å². The van der Waals surface area contributed by atoms with Crippen LogP contribution < -0.4 is 10.0 Å². The second-order valence-electron chi connectivity index (χ2n) is 4.75. The van der Waals surface area contributed by atoms with Crippen LogP contribution in [-0.4, -0.2) is 14.3 Å². The second kappa shape index (κ2) is 7.31. The lowest BCUT2D eigenvalue weighted by Crippen LogP contribution is -2.23. The van der Waals surface area contributed by atoms with E-state index in [0.717, 1.165) is 5.56 Å². The summed E-state index contributed by atoms with van der Waals surface area (Å²) in [6.07, 6.45) is 0. The van der Waals surface area contributed by atoms with Gasteiger partial charge in [0.15, 0.2) is 0 Å². The molecule has 0 saturated carbocycles. The van der Waals surface area contributed by atoms with E-state index in [2.05, 4.69) is 10.0 Å². The van der Waals surface area contributed by atoms with Crippen LogP contribution in [0.15, 0.2) is 47.4 Å². The van der Waals surface area contributed by atoms with Gasteiger partial charge in [-0.3, -0.25) is 4.79 Å². The normalized spacial score (nSPS) is 11.3. The molecule has 8 heteroatoms. The maximum absolute atomic E-state index is 12.3. The highest BCUT2D eigenvalue weighted by molar-refractivity contribution is 7.89. The molecule has 0 unspecified atom stereocenters. The number of carbonyl (C=O) groups excluding carboxylic acids is 1. The van der Waals surface area contributed by atoms with E-state index in [9.17, 15) is 13.2 Å². The van der Waals surface area contributed by atoms with Gasteiger partial charge < -0.3 is 5.32 Å². The Kier molecular flexibility index (Phi) is 5.64. The van der Waals surface area contributed by atoms with E-state index in [0.29, 0.717) is 5.69 Å². The van der Waals surface area contributed by atoms with Gasteiger partial charge in [-0.2, -0.15) is 0 Å². The Morgan fingerprint density at radius 3 is 2.35 bits per heavy atom. The van der Waals surface area contributed by atoms with Crippen molar-refractivity contribution < 1.29 is 13.2 Å². The van der Waals surface area contributed by atoms with Gasteiger partial charge in [0, 0.05) is 19.2 Å². The summed E-state index contributed by atoms with van der Waals surface area (Å²) >= 11 is 11.8. The minimum absolute atomic E-state index is 0.0114. The number of benzene rings is 2. The average Bonchev–Trinajstić information content (AvgIpc) is 2.49. The smallest absolute Gasteiger partial charge is 0.242 e. The standard InChI is InChI=1S/C15H14Cl2N2O3S/c1-10(20)19-12-7-5-11(6-8-12)9-18-23(21,22)14-4-2-3-13(16)15(14)17/h2-8,18H,9H2,1H3,(H,19,20). The van der Waals surface area contributed by atoms with Gasteiger partial charge in [-0.25, -0.2) is 13.1 Å². The van der Waals surface area contributed by atoms with Crippen LogP contribution in [0.1, 0.15) is 12.5 Å². The minimum Gasteiger partial charge on any atom is -0.326 e. The van der Waals surface area contributed by atoms with Crippen molar-refractivity contribution in [1.29, 1.82) is 0 Å². The first-order chi connectivity index (χ1) is 10.8. The molecule has 2 rings (SSSR count). The third-order valence-corrected chi connectivity index (χ3v) is 5.32. The van der Waals surface area contributed by atoms with E-state index in [-0.39, 0.29) is 27.4 Å². The number of carbonyl (C=O) groups is 1. The summed E-state index contributed by atoms with van der Waals surface area (Å²) in [6, 6.07) is 11.2. The molecule has 1 amide bonds. The maximum Gasteiger partial charge on any atom is 0.242 e. The zero-order valence-corrected chi connectivity index (χ0v) is 14.5. The number of hydrogen-bond acceptors (Lipinski definition) is 3. The van der Waals surface area contributed by atoms with E-state index in [4.69, 9.17) is 23.2 Å². The van der Waals surface area contributed by atoms with Gasteiger partial charge >= 0.3 is 0 Å². The highest BCUT2D eigenvalue weighted by Crippen LogP contribution is 2.28. The molecule has 5 nitrogen and oxygen atoms in total. The van der Waals surface area contributed by atoms with E-state index in [1.54, 1.807) is 24.3 Å². The predicted octanol–water partition coefficient (Wildman–Crippen LogP) is 3.43. The summed E-state index contributed by atoms with van der Waals surface area (Å²) in [4.78, 5) is 10.9. The van der Waals surface area contributed by atoms with Crippen LogP contribution in [0.2, 0.25) is 10.0 Å². The van der Waals surface area contributed by atoms with E-state index >= 15 is 0 Å². The third-order valence-electron chi connectivity index (χ3n) is 2.95. The first-order valence-corrected chi connectivity index (χ1v) is 8.84. The Morgan fingerprint density at radius 1 is 1.09 bits per heavy atom. The molecule has 0 aliphatic carbocycles. The first-order valence-electron chi connectivity index (χ1n) is 6.60. The van der Waals surface area contributed by atoms with Crippen molar-refractivity contribution in [3.63, 3.8) is 0 Å². The fourth-order valence-corrected chi connectivity index (χ4v) is 3.63. The molecule has 0 aromatic heterocycles. The number of sulfonamides is 1. The molecule has 0 fully saturated rings. The van der Waals surface area contributed by atoms with Crippen molar-refractivity contribution in [2.75, 3.05) is 5.32 Å². The molecule has 0 aliphatic rings. The Balaban J connectivity index is 2.10. The predicted molar refractivity (Wildman–Crippen MR) is 91.2 cm³/mol. The summed E-state index contributed by atoms with van der Waals surface area (Å²) in [7, 11) is -3.78. The molecule has 2 N–H and O–H groups in total. The van der Waals surface area contributed by atoms with Crippen molar-refractivity contribution in [2.24, 2.45) is 0 Å². The van der Waals surface area contributed by atoms with E-state index < -0.39 is 10.0 Å². The summed E-state index contributed by atoms with van der Waals surface area (Å²) in [5.41, 5.74) is 1.38. The van der Waals surface area contributed by atoms with Crippen LogP contribution in [0.5, 0.6) is 0 Å². The molecule has 0 radical (unpaired) electrons. The molecule has 122 valence electrons. The van der Waals surface area contributed by atoms with Gasteiger partial charge in [-0.15, -0.1) is 0 Å².